The zero-order valence-electron chi connectivity index (χ0n) is 11.6. The van der Waals surface area contributed by atoms with Crippen molar-refractivity contribution in [3.63, 3.8) is 0 Å². The van der Waals surface area contributed by atoms with Gasteiger partial charge in [-0.1, -0.05) is 0 Å². The van der Waals surface area contributed by atoms with Gasteiger partial charge in [-0.2, -0.15) is 5.10 Å². The highest BCUT2D eigenvalue weighted by Crippen LogP contribution is 2.12. The van der Waals surface area contributed by atoms with E-state index in [-0.39, 0.29) is 6.54 Å². The number of carbonyl (C=O) groups excluding carboxylic acids is 1. The van der Waals surface area contributed by atoms with E-state index in [2.05, 4.69) is 15.7 Å². The summed E-state index contributed by atoms with van der Waals surface area (Å²) in [7, 11) is 1.83. The van der Waals surface area contributed by atoms with Crippen molar-refractivity contribution in [1.82, 2.24) is 20.4 Å². The molecule has 0 fully saturated rings. The van der Waals surface area contributed by atoms with E-state index in [1.807, 2.05) is 14.0 Å². The maximum Gasteiger partial charge on any atom is 0.315 e. The number of hydrogen-bond acceptors (Lipinski definition) is 3. The number of carboxylic acids is 1. The fourth-order valence-corrected chi connectivity index (χ4v) is 1.33. The van der Waals surface area contributed by atoms with Gasteiger partial charge in [0.15, 0.2) is 0 Å². The minimum Gasteiger partial charge on any atom is -0.481 e. The molecule has 0 radical (unpaired) electrons. The first-order chi connectivity index (χ1) is 8.74. The molecule has 1 heterocycles. The Morgan fingerprint density at radius 1 is 1.42 bits per heavy atom. The summed E-state index contributed by atoms with van der Waals surface area (Å²) in [5, 5.41) is 18.2. The van der Waals surface area contributed by atoms with Crippen LogP contribution in [0.1, 0.15) is 25.1 Å². The van der Waals surface area contributed by atoms with Crippen LogP contribution in [-0.4, -0.2) is 33.4 Å². The van der Waals surface area contributed by atoms with Crippen LogP contribution in [0.5, 0.6) is 0 Å². The van der Waals surface area contributed by atoms with Crippen LogP contribution in [0.4, 0.5) is 4.79 Å². The number of rotatable bonds is 5. The number of carbonyl (C=O) groups is 2. The predicted molar refractivity (Wildman–Crippen MR) is 69.6 cm³/mol. The van der Waals surface area contributed by atoms with Crippen LogP contribution in [0.2, 0.25) is 0 Å². The maximum absolute atomic E-state index is 11.6. The lowest BCUT2D eigenvalue weighted by Crippen LogP contribution is -2.43. The van der Waals surface area contributed by atoms with Crippen molar-refractivity contribution in [3.05, 3.63) is 17.5 Å². The second-order valence-corrected chi connectivity index (χ2v) is 5.10. The second-order valence-electron chi connectivity index (χ2n) is 5.10. The van der Waals surface area contributed by atoms with E-state index < -0.39 is 17.4 Å². The van der Waals surface area contributed by atoms with Crippen LogP contribution in [0, 0.1) is 12.3 Å². The van der Waals surface area contributed by atoms with E-state index in [0.29, 0.717) is 6.54 Å². The molecule has 0 atom stereocenters. The number of hydrogen-bond donors (Lipinski definition) is 3. The van der Waals surface area contributed by atoms with Gasteiger partial charge in [0.1, 0.15) is 0 Å². The van der Waals surface area contributed by atoms with Gasteiger partial charge in [-0.05, 0) is 20.8 Å². The van der Waals surface area contributed by atoms with Crippen molar-refractivity contribution in [3.8, 4) is 0 Å². The highest BCUT2D eigenvalue weighted by Gasteiger charge is 2.27. The molecule has 0 aliphatic heterocycles. The van der Waals surface area contributed by atoms with Crippen LogP contribution in [0.25, 0.3) is 0 Å². The average molecular weight is 268 g/mol. The summed E-state index contributed by atoms with van der Waals surface area (Å²) in [6.07, 6.45) is 1.69. The molecular weight excluding hydrogens is 248 g/mol. The summed E-state index contributed by atoms with van der Waals surface area (Å²) < 4.78 is 1.72. The van der Waals surface area contributed by atoms with E-state index in [9.17, 15) is 9.59 Å². The molecule has 0 spiro atoms. The third-order valence-corrected chi connectivity index (χ3v) is 3.05. The summed E-state index contributed by atoms with van der Waals surface area (Å²) in [5.41, 5.74) is 0.919. The summed E-state index contributed by atoms with van der Waals surface area (Å²) >= 11 is 0. The summed E-state index contributed by atoms with van der Waals surface area (Å²) in [6, 6.07) is -0.391. The first kappa shape index (κ1) is 15.0. The third kappa shape index (κ3) is 3.97. The standard InChI is InChI=1S/C12H20N4O3/c1-8-9(6-15-16(8)4)5-13-11(19)14-7-12(2,3)10(17)18/h6H,5,7H2,1-4H3,(H,17,18)(H2,13,14,19). The Kier molecular flexibility index (Phi) is 4.52. The summed E-state index contributed by atoms with van der Waals surface area (Å²) in [4.78, 5) is 22.4. The minimum absolute atomic E-state index is 0.0696. The summed E-state index contributed by atoms with van der Waals surface area (Å²) in [5.74, 6) is -0.948. The molecule has 2 amide bonds. The van der Waals surface area contributed by atoms with Gasteiger partial charge >= 0.3 is 12.0 Å². The largest absolute Gasteiger partial charge is 0.481 e. The molecule has 3 N–H and O–H groups in total. The summed E-state index contributed by atoms with van der Waals surface area (Å²) in [6.45, 7) is 5.45. The lowest BCUT2D eigenvalue weighted by atomic mass is 9.94. The SMILES string of the molecule is Cc1c(CNC(=O)NCC(C)(C)C(=O)O)cnn1C. The monoisotopic (exact) mass is 268 g/mol. The number of carboxylic acid groups (broad SMARTS) is 1. The van der Waals surface area contributed by atoms with Crippen molar-refractivity contribution in [2.75, 3.05) is 6.54 Å². The van der Waals surface area contributed by atoms with Gasteiger partial charge in [0.25, 0.3) is 0 Å². The van der Waals surface area contributed by atoms with E-state index >= 15 is 0 Å². The van der Waals surface area contributed by atoms with Crippen LogP contribution in [-0.2, 0) is 18.4 Å². The number of amides is 2. The van der Waals surface area contributed by atoms with Gasteiger partial charge in [-0.3, -0.25) is 9.48 Å². The number of nitrogens with zero attached hydrogens (tertiary/aromatic N) is 2. The van der Waals surface area contributed by atoms with Gasteiger partial charge in [0.05, 0.1) is 11.6 Å². The number of nitrogens with one attached hydrogen (secondary N) is 2. The molecule has 0 aliphatic rings. The Morgan fingerprint density at radius 2 is 2.05 bits per heavy atom. The number of aliphatic carboxylic acids is 1. The van der Waals surface area contributed by atoms with E-state index in [4.69, 9.17) is 5.11 Å². The van der Waals surface area contributed by atoms with Gasteiger partial charge in [0, 0.05) is 31.4 Å². The Labute approximate surface area is 112 Å². The molecule has 1 aromatic heterocycles. The Hall–Kier alpha value is -2.05. The number of aryl methyl sites for hydroxylation is 1. The Balaban J connectivity index is 2.41. The molecule has 7 nitrogen and oxygen atoms in total. The van der Waals surface area contributed by atoms with Crippen molar-refractivity contribution in [2.24, 2.45) is 12.5 Å². The van der Waals surface area contributed by atoms with Crippen LogP contribution < -0.4 is 10.6 Å². The van der Waals surface area contributed by atoms with E-state index in [1.165, 1.54) is 0 Å². The lowest BCUT2D eigenvalue weighted by molar-refractivity contribution is -0.146. The van der Waals surface area contributed by atoms with Gasteiger partial charge in [-0.15, -0.1) is 0 Å². The van der Waals surface area contributed by atoms with Crippen LogP contribution >= 0.6 is 0 Å². The second kappa shape index (κ2) is 5.73. The fraction of sp³-hybridized carbons (Fsp3) is 0.583. The van der Waals surface area contributed by atoms with Crippen LogP contribution in [0.15, 0.2) is 6.20 Å². The minimum atomic E-state index is -0.985. The molecule has 0 aliphatic carbocycles. The number of aromatic nitrogens is 2. The van der Waals surface area contributed by atoms with E-state index in [0.717, 1.165) is 11.3 Å². The van der Waals surface area contributed by atoms with Gasteiger partial charge < -0.3 is 15.7 Å². The zero-order chi connectivity index (χ0) is 14.6. The molecule has 0 saturated carbocycles. The lowest BCUT2D eigenvalue weighted by Gasteiger charge is -2.19. The van der Waals surface area contributed by atoms with Gasteiger partial charge in [0.2, 0.25) is 0 Å². The van der Waals surface area contributed by atoms with Crippen molar-refractivity contribution in [1.29, 1.82) is 0 Å². The molecule has 1 aromatic rings. The van der Waals surface area contributed by atoms with Crippen molar-refractivity contribution < 1.29 is 14.7 Å². The number of urea groups is 1. The average Bonchev–Trinajstić information content (AvgIpc) is 2.65. The predicted octanol–water partition coefficient (Wildman–Crippen LogP) is 0.639. The molecule has 19 heavy (non-hydrogen) atoms. The first-order valence-corrected chi connectivity index (χ1v) is 5.96. The topological polar surface area (TPSA) is 96.2 Å². The van der Waals surface area contributed by atoms with Gasteiger partial charge in [-0.25, -0.2) is 4.79 Å². The fourth-order valence-electron chi connectivity index (χ4n) is 1.33. The maximum atomic E-state index is 11.6. The van der Waals surface area contributed by atoms with Crippen molar-refractivity contribution >= 4 is 12.0 Å². The third-order valence-electron chi connectivity index (χ3n) is 3.05. The first-order valence-electron chi connectivity index (χ1n) is 5.96. The molecule has 0 bridgehead atoms. The molecule has 0 saturated heterocycles. The Morgan fingerprint density at radius 3 is 2.53 bits per heavy atom. The molecular formula is C12H20N4O3. The quantitative estimate of drug-likeness (QED) is 0.730. The molecule has 0 unspecified atom stereocenters. The molecule has 1 rings (SSSR count). The highest BCUT2D eigenvalue weighted by atomic mass is 16.4. The smallest absolute Gasteiger partial charge is 0.315 e. The molecule has 106 valence electrons. The van der Waals surface area contributed by atoms with Crippen LogP contribution in [0.3, 0.4) is 0 Å². The normalized spacial score (nSPS) is 11.2. The highest BCUT2D eigenvalue weighted by molar-refractivity contribution is 5.77. The molecule has 7 heteroatoms. The Bertz CT molecular complexity index is 479. The van der Waals surface area contributed by atoms with E-state index in [1.54, 1.807) is 24.7 Å². The molecule has 0 aromatic carbocycles. The zero-order valence-corrected chi connectivity index (χ0v) is 11.6. The van der Waals surface area contributed by atoms with Crippen molar-refractivity contribution in [2.45, 2.75) is 27.3 Å².